The molecule has 6 heteroatoms. The molecule has 0 atom stereocenters. The molecular formula is C11H20N4OS. The first-order valence-electron chi connectivity index (χ1n) is 6.40. The van der Waals surface area contributed by atoms with Crippen LogP contribution in [0.3, 0.4) is 0 Å². The number of tetrazole rings is 1. The number of nitrogens with zero attached hydrogens (tertiary/aromatic N) is 4. The van der Waals surface area contributed by atoms with Gasteiger partial charge in [0.15, 0.2) is 0 Å². The average Bonchev–Trinajstić information content (AvgIpc) is 2.79. The summed E-state index contributed by atoms with van der Waals surface area (Å²) in [7, 11) is 0. The molecule has 1 saturated carbocycles. The second kappa shape index (κ2) is 6.96. The zero-order chi connectivity index (χ0) is 11.9. The minimum Gasteiger partial charge on any atom is -0.394 e. The van der Waals surface area contributed by atoms with Gasteiger partial charge in [-0.3, -0.25) is 0 Å². The predicted molar refractivity (Wildman–Crippen MR) is 66.8 cm³/mol. The molecule has 1 fully saturated rings. The zero-order valence-electron chi connectivity index (χ0n) is 10.1. The van der Waals surface area contributed by atoms with E-state index in [4.69, 9.17) is 5.11 Å². The number of aromatic nitrogens is 4. The standard InChI is InChI=1S/C11H20N4OS/c16-8-7-15-11(12-13-14-15)17-9-6-10-4-2-1-3-5-10/h10,16H,1-9H2. The first kappa shape index (κ1) is 12.8. The highest BCUT2D eigenvalue weighted by Crippen LogP contribution is 2.28. The topological polar surface area (TPSA) is 63.8 Å². The molecule has 0 spiro atoms. The Morgan fingerprint density at radius 3 is 2.88 bits per heavy atom. The molecule has 0 aromatic carbocycles. The van der Waals surface area contributed by atoms with Crippen molar-refractivity contribution in [2.45, 2.75) is 50.2 Å². The number of aliphatic hydroxyl groups is 1. The molecule has 2 rings (SSSR count). The van der Waals surface area contributed by atoms with E-state index in [9.17, 15) is 0 Å². The van der Waals surface area contributed by atoms with Crippen molar-refractivity contribution in [1.82, 2.24) is 20.2 Å². The van der Waals surface area contributed by atoms with E-state index in [0.717, 1.165) is 16.8 Å². The van der Waals surface area contributed by atoms with Crippen molar-refractivity contribution in [2.75, 3.05) is 12.4 Å². The van der Waals surface area contributed by atoms with Gasteiger partial charge in [-0.25, -0.2) is 4.68 Å². The molecule has 1 aromatic rings. The number of hydrogen-bond donors (Lipinski definition) is 1. The molecule has 0 aliphatic heterocycles. The maximum absolute atomic E-state index is 8.87. The first-order valence-corrected chi connectivity index (χ1v) is 7.38. The molecule has 1 N–H and O–H groups in total. The van der Waals surface area contributed by atoms with Gasteiger partial charge in [-0.2, -0.15) is 0 Å². The molecule has 17 heavy (non-hydrogen) atoms. The van der Waals surface area contributed by atoms with Gasteiger partial charge in [-0.15, -0.1) is 5.10 Å². The fraction of sp³-hybridized carbons (Fsp3) is 0.909. The highest BCUT2D eigenvalue weighted by molar-refractivity contribution is 7.99. The van der Waals surface area contributed by atoms with Crippen molar-refractivity contribution in [3.63, 3.8) is 0 Å². The van der Waals surface area contributed by atoms with E-state index in [-0.39, 0.29) is 6.61 Å². The Balaban J connectivity index is 1.71. The van der Waals surface area contributed by atoms with Gasteiger partial charge in [0.25, 0.3) is 0 Å². The van der Waals surface area contributed by atoms with Crippen molar-refractivity contribution in [3.8, 4) is 0 Å². The summed E-state index contributed by atoms with van der Waals surface area (Å²) in [5.74, 6) is 1.98. The highest BCUT2D eigenvalue weighted by Gasteiger charge is 2.14. The van der Waals surface area contributed by atoms with Gasteiger partial charge in [0.1, 0.15) is 0 Å². The van der Waals surface area contributed by atoms with E-state index >= 15 is 0 Å². The Morgan fingerprint density at radius 2 is 2.12 bits per heavy atom. The normalized spacial score (nSPS) is 17.5. The Kier molecular flexibility index (Phi) is 5.25. The lowest BCUT2D eigenvalue weighted by molar-refractivity contribution is 0.262. The molecule has 1 aliphatic rings. The average molecular weight is 256 g/mol. The van der Waals surface area contributed by atoms with Crippen LogP contribution in [0.4, 0.5) is 0 Å². The van der Waals surface area contributed by atoms with Crippen molar-refractivity contribution in [2.24, 2.45) is 5.92 Å². The number of rotatable bonds is 6. The number of thioether (sulfide) groups is 1. The van der Waals surface area contributed by atoms with Crippen molar-refractivity contribution in [1.29, 1.82) is 0 Å². The summed E-state index contributed by atoms with van der Waals surface area (Å²) in [6.07, 6.45) is 8.26. The molecule has 0 amide bonds. The third kappa shape index (κ3) is 3.96. The van der Waals surface area contributed by atoms with Crippen LogP contribution in [0.15, 0.2) is 5.16 Å². The molecular weight excluding hydrogens is 236 g/mol. The molecule has 1 aromatic heterocycles. The maximum Gasteiger partial charge on any atom is 0.209 e. The van der Waals surface area contributed by atoms with Crippen LogP contribution in [0.25, 0.3) is 0 Å². The highest BCUT2D eigenvalue weighted by atomic mass is 32.2. The van der Waals surface area contributed by atoms with Gasteiger partial charge < -0.3 is 5.11 Å². The second-order valence-corrected chi connectivity index (χ2v) is 5.61. The van der Waals surface area contributed by atoms with Gasteiger partial charge in [-0.1, -0.05) is 43.9 Å². The molecule has 0 saturated heterocycles. The van der Waals surface area contributed by atoms with Gasteiger partial charge in [0, 0.05) is 5.75 Å². The van der Waals surface area contributed by atoms with Crippen LogP contribution < -0.4 is 0 Å². The number of aliphatic hydroxyl groups excluding tert-OH is 1. The van der Waals surface area contributed by atoms with E-state index in [2.05, 4.69) is 15.5 Å². The van der Waals surface area contributed by atoms with Crippen molar-refractivity contribution < 1.29 is 5.11 Å². The van der Waals surface area contributed by atoms with Crippen LogP contribution in [0.5, 0.6) is 0 Å². The van der Waals surface area contributed by atoms with Crippen molar-refractivity contribution >= 4 is 11.8 Å². The van der Waals surface area contributed by atoms with Crippen LogP contribution in [-0.4, -0.2) is 37.7 Å². The van der Waals surface area contributed by atoms with Crippen LogP contribution in [0.1, 0.15) is 38.5 Å². The summed E-state index contributed by atoms with van der Waals surface area (Å²) >= 11 is 1.70. The Morgan fingerprint density at radius 1 is 1.29 bits per heavy atom. The van der Waals surface area contributed by atoms with Gasteiger partial charge >= 0.3 is 0 Å². The summed E-state index contributed by atoms with van der Waals surface area (Å²) < 4.78 is 1.67. The fourth-order valence-corrected chi connectivity index (χ4v) is 3.33. The summed E-state index contributed by atoms with van der Waals surface area (Å²) in [4.78, 5) is 0. The minimum atomic E-state index is 0.0845. The lowest BCUT2D eigenvalue weighted by Gasteiger charge is -2.20. The third-order valence-electron chi connectivity index (χ3n) is 3.29. The molecule has 5 nitrogen and oxygen atoms in total. The van der Waals surface area contributed by atoms with Gasteiger partial charge in [0.2, 0.25) is 5.16 Å². The Hall–Kier alpha value is -0.620. The molecule has 1 heterocycles. The Labute approximate surface area is 106 Å². The Bertz CT molecular complexity index is 325. The van der Waals surface area contributed by atoms with Crippen molar-refractivity contribution in [3.05, 3.63) is 0 Å². The van der Waals surface area contributed by atoms with E-state index in [1.165, 1.54) is 38.5 Å². The summed E-state index contributed by atoms with van der Waals surface area (Å²) in [5, 5.41) is 21.1. The molecule has 0 unspecified atom stereocenters. The largest absolute Gasteiger partial charge is 0.394 e. The second-order valence-electron chi connectivity index (χ2n) is 4.55. The fourth-order valence-electron chi connectivity index (χ4n) is 2.33. The molecule has 1 aliphatic carbocycles. The minimum absolute atomic E-state index is 0.0845. The lowest BCUT2D eigenvalue weighted by atomic mass is 9.88. The number of hydrogen-bond acceptors (Lipinski definition) is 5. The lowest BCUT2D eigenvalue weighted by Crippen LogP contribution is -2.08. The zero-order valence-corrected chi connectivity index (χ0v) is 10.9. The van der Waals surface area contributed by atoms with Crippen LogP contribution in [0.2, 0.25) is 0 Å². The van der Waals surface area contributed by atoms with Gasteiger partial charge in [-0.05, 0) is 22.8 Å². The molecule has 0 bridgehead atoms. The van der Waals surface area contributed by atoms with E-state index in [1.54, 1.807) is 16.4 Å². The predicted octanol–water partition coefficient (Wildman–Crippen LogP) is 1.73. The smallest absolute Gasteiger partial charge is 0.209 e. The van der Waals surface area contributed by atoms with E-state index in [1.807, 2.05) is 0 Å². The quantitative estimate of drug-likeness (QED) is 0.785. The monoisotopic (exact) mass is 256 g/mol. The maximum atomic E-state index is 8.87. The van der Waals surface area contributed by atoms with Gasteiger partial charge in [0.05, 0.1) is 13.2 Å². The first-order chi connectivity index (χ1) is 8.40. The van der Waals surface area contributed by atoms with E-state index < -0.39 is 0 Å². The van der Waals surface area contributed by atoms with E-state index in [0.29, 0.717) is 6.54 Å². The SMILES string of the molecule is OCCn1nnnc1SCCC1CCCCC1. The molecule has 0 radical (unpaired) electrons. The summed E-state index contributed by atoms with van der Waals surface area (Å²) in [6, 6.07) is 0. The summed E-state index contributed by atoms with van der Waals surface area (Å²) in [6.45, 7) is 0.569. The third-order valence-corrected chi connectivity index (χ3v) is 4.28. The van der Waals surface area contributed by atoms with Crippen LogP contribution >= 0.6 is 11.8 Å². The molecule has 96 valence electrons. The van der Waals surface area contributed by atoms with Crippen LogP contribution in [0, 0.1) is 5.92 Å². The van der Waals surface area contributed by atoms with Crippen LogP contribution in [-0.2, 0) is 6.54 Å². The summed E-state index contributed by atoms with van der Waals surface area (Å²) in [5.41, 5.74) is 0.